The van der Waals surface area contributed by atoms with Crippen molar-refractivity contribution in [2.45, 2.75) is 32.1 Å². The smallest absolute Gasteiger partial charge is 0.339 e. The molecule has 7 nitrogen and oxygen atoms in total. The molecule has 1 amide bonds. The second kappa shape index (κ2) is 9.36. The van der Waals surface area contributed by atoms with Crippen LogP contribution in [-0.2, 0) is 19.6 Å². The average Bonchev–Trinajstić information content (AvgIpc) is 2.66. The van der Waals surface area contributed by atoms with Crippen molar-refractivity contribution in [3.05, 3.63) is 59.2 Å². The molecule has 1 N–H and O–H groups in total. The number of hydrogen-bond acceptors (Lipinski definition) is 6. The molecule has 0 fully saturated rings. The van der Waals surface area contributed by atoms with Crippen LogP contribution in [0.15, 0.2) is 47.4 Å². The molecular weight excluding hydrogens is 382 g/mol. The summed E-state index contributed by atoms with van der Waals surface area (Å²) in [4.78, 5) is 23.5. The topological polar surface area (TPSA) is 98.8 Å². The number of rotatable bonds is 8. The van der Waals surface area contributed by atoms with Gasteiger partial charge in [-0.1, -0.05) is 19.1 Å². The van der Waals surface area contributed by atoms with Gasteiger partial charge in [0.05, 0.1) is 5.56 Å². The Morgan fingerprint density at radius 3 is 2.36 bits per heavy atom. The number of esters is 1. The number of carbonyl (C=O) groups excluding carboxylic acids is 2. The van der Waals surface area contributed by atoms with E-state index in [0.29, 0.717) is 12.1 Å². The molecule has 0 atom stereocenters. The lowest BCUT2D eigenvalue weighted by Crippen LogP contribution is -2.29. The third-order valence-electron chi connectivity index (χ3n) is 3.82. The Balaban J connectivity index is 2.03. The van der Waals surface area contributed by atoms with Gasteiger partial charge in [0.15, 0.2) is 6.61 Å². The summed E-state index contributed by atoms with van der Waals surface area (Å²) >= 11 is 0. The fourth-order valence-electron chi connectivity index (χ4n) is 2.32. The fourth-order valence-corrected chi connectivity index (χ4v) is 3.57. The normalized spacial score (nSPS) is 11.0. The summed E-state index contributed by atoms with van der Waals surface area (Å²) in [6, 6.07) is 10.5. The Hall–Kier alpha value is -2.87. The van der Waals surface area contributed by atoms with E-state index in [1.807, 2.05) is 13.0 Å². The maximum Gasteiger partial charge on any atom is 0.339 e. The molecule has 0 aliphatic rings. The molecule has 0 aromatic heterocycles. The molecule has 0 aliphatic heterocycles. The standard InChI is InChI=1S/C20H23NO6S/c1-4-11-21-19(22)13-26-20(23)16-7-9-17(10-8-16)27-28(24,25)18-12-14(2)5-6-15(18)3/h5-10,12H,4,11,13H2,1-3H3,(H,21,22). The molecule has 0 saturated heterocycles. The van der Waals surface area contributed by atoms with E-state index in [9.17, 15) is 18.0 Å². The Morgan fingerprint density at radius 1 is 1.04 bits per heavy atom. The minimum absolute atomic E-state index is 0.0677. The summed E-state index contributed by atoms with van der Waals surface area (Å²) in [5, 5.41) is 2.60. The lowest BCUT2D eigenvalue weighted by Gasteiger charge is -2.10. The van der Waals surface area contributed by atoms with Crippen LogP contribution < -0.4 is 9.50 Å². The van der Waals surface area contributed by atoms with Gasteiger partial charge >= 0.3 is 16.1 Å². The van der Waals surface area contributed by atoms with Crippen LogP contribution in [0.1, 0.15) is 34.8 Å². The minimum atomic E-state index is -4.00. The van der Waals surface area contributed by atoms with E-state index in [1.54, 1.807) is 26.0 Å². The van der Waals surface area contributed by atoms with Crippen LogP contribution in [0.25, 0.3) is 0 Å². The SMILES string of the molecule is CCCNC(=O)COC(=O)c1ccc(OS(=O)(=O)c2cc(C)ccc2C)cc1. The van der Waals surface area contributed by atoms with Crippen molar-refractivity contribution >= 4 is 22.0 Å². The summed E-state index contributed by atoms with van der Waals surface area (Å²) in [6.45, 7) is 5.53. The van der Waals surface area contributed by atoms with Crippen molar-refractivity contribution < 1.29 is 26.9 Å². The van der Waals surface area contributed by atoms with Crippen molar-refractivity contribution in [1.29, 1.82) is 0 Å². The molecule has 2 aromatic rings. The molecule has 0 spiro atoms. The van der Waals surface area contributed by atoms with E-state index in [2.05, 4.69) is 5.32 Å². The molecule has 0 heterocycles. The van der Waals surface area contributed by atoms with Crippen LogP contribution in [0.3, 0.4) is 0 Å². The molecule has 0 radical (unpaired) electrons. The lowest BCUT2D eigenvalue weighted by atomic mass is 10.2. The van der Waals surface area contributed by atoms with Gasteiger partial charge in [-0.05, 0) is 61.7 Å². The Labute approximate surface area is 164 Å². The van der Waals surface area contributed by atoms with Gasteiger partial charge in [0.2, 0.25) is 0 Å². The van der Waals surface area contributed by atoms with Crippen LogP contribution in [0.2, 0.25) is 0 Å². The first-order chi connectivity index (χ1) is 13.2. The zero-order chi connectivity index (χ0) is 20.7. The Morgan fingerprint density at radius 2 is 1.71 bits per heavy atom. The van der Waals surface area contributed by atoms with Crippen molar-refractivity contribution in [3.63, 3.8) is 0 Å². The van der Waals surface area contributed by atoms with Gasteiger partial charge in [-0.15, -0.1) is 0 Å². The van der Waals surface area contributed by atoms with Gasteiger partial charge in [0.25, 0.3) is 5.91 Å². The quantitative estimate of drug-likeness (QED) is 0.536. The first kappa shape index (κ1) is 21.4. The number of ether oxygens (including phenoxy) is 1. The Kier molecular flexibility index (Phi) is 7.17. The van der Waals surface area contributed by atoms with Crippen LogP contribution in [0.5, 0.6) is 5.75 Å². The summed E-state index contributed by atoms with van der Waals surface area (Å²) in [5.74, 6) is -0.997. The monoisotopic (exact) mass is 405 g/mol. The second-order valence-electron chi connectivity index (χ2n) is 6.26. The lowest BCUT2D eigenvalue weighted by molar-refractivity contribution is -0.124. The highest BCUT2D eigenvalue weighted by Crippen LogP contribution is 2.22. The minimum Gasteiger partial charge on any atom is -0.452 e. The highest BCUT2D eigenvalue weighted by atomic mass is 32.2. The van der Waals surface area contributed by atoms with E-state index >= 15 is 0 Å². The summed E-state index contributed by atoms with van der Waals surface area (Å²) in [5.41, 5.74) is 1.56. The highest BCUT2D eigenvalue weighted by Gasteiger charge is 2.20. The van der Waals surface area contributed by atoms with Gasteiger partial charge in [-0.25, -0.2) is 4.79 Å². The molecular formula is C20H23NO6S. The second-order valence-corrected chi connectivity index (χ2v) is 7.77. The molecule has 8 heteroatoms. The van der Waals surface area contributed by atoms with Crippen LogP contribution in [-0.4, -0.2) is 33.4 Å². The first-order valence-corrected chi connectivity index (χ1v) is 10.2. The van der Waals surface area contributed by atoms with Crippen LogP contribution in [0.4, 0.5) is 0 Å². The maximum absolute atomic E-state index is 12.5. The van der Waals surface area contributed by atoms with Gasteiger partial charge < -0.3 is 14.2 Å². The molecule has 150 valence electrons. The van der Waals surface area contributed by atoms with E-state index in [0.717, 1.165) is 12.0 Å². The summed E-state index contributed by atoms with van der Waals surface area (Å²) in [6.07, 6.45) is 0.784. The molecule has 0 unspecified atom stereocenters. The van der Waals surface area contributed by atoms with E-state index in [1.165, 1.54) is 24.3 Å². The third kappa shape index (κ3) is 5.82. The van der Waals surface area contributed by atoms with Gasteiger partial charge in [-0.3, -0.25) is 4.79 Å². The van der Waals surface area contributed by atoms with Crippen molar-refractivity contribution in [2.75, 3.05) is 13.2 Å². The van der Waals surface area contributed by atoms with E-state index in [-0.39, 0.29) is 28.7 Å². The molecule has 2 rings (SSSR count). The van der Waals surface area contributed by atoms with E-state index in [4.69, 9.17) is 8.92 Å². The fraction of sp³-hybridized carbons (Fsp3) is 0.300. The van der Waals surface area contributed by atoms with Gasteiger partial charge in [0, 0.05) is 6.54 Å². The number of hydrogen-bond donors (Lipinski definition) is 1. The van der Waals surface area contributed by atoms with Gasteiger partial charge in [-0.2, -0.15) is 8.42 Å². The molecule has 0 bridgehead atoms. The summed E-state index contributed by atoms with van der Waals surface area (Å²) < 4.78 is 35.1. The van der Waals surface area contributed by atoms with Crippen LogP contribution in [0, 0.1) is 13.8 Å². The third-order valence-corrected chi connectivity index (χ3v) is 5.21. The zero-order valence-corrected chi connectivity index (χ0v) is 16.8. The predicted molar refractivity (Wildman–Crippen MR) is 104 cm³/mol. The summed E-state index contributed by atoms with van der Waals surface area (Å²) in [7, 11) is -4.00. The maximum atomic E-state index is 12.5. The number of carbonyl (C=O) groups is 2. The van der Waals surface area contributed by atoms with Gasteiger partial charge in [0.1, 0.15) is 10.6 Å². The number of benzene rings is 2. The zero-order valence-electron chi connectivity index (χ0n) is 16.0. The molecule has 28 heavy (non-hydrogen) atoms. The molecule has 0 aliphatic carbocycles. The van der Waals surface area contributed by atoms with E-state index < -0.39 is 16.1 Å². The van der Waals surface area contributed by atoms with Crippen LogP contribution >= 0.6 is 0 Å². The number of nitrogens with one attached hydrogen (secondary N) is 1. The molecule has 0 saturated carbocycles. The molecule has 2 aromatic carbocycles. The predicted octanol–water partition coefficient (Wildman–Crippen LogP) is 2.75. The van der Waals surface area contributed by atoms with Crippen molar-refractivity contribution in [1.82, 2.24) is 5.32 Å². The number of amides is 1. The Bertz CT molecular complexity index is 951. The highest BCUT2D eigenvalue weighted by molar-refractivity contribution is 7.87. The number of aryl methyl sites for hydroxylation is 2. The average molecular weight is 405 g/mol. The van der Waals surface area contributed by atoms with Crippen molar-refractivity contribution in [2.24, 2.45) is 0 Å². The van der Waals surface area contributed by atoms with Crippen molar-refractivity contribution in [3.8, 4) is 5.75 Å². The largest absolute Gasteiger partial charge is 0.452 e. The first-order valence-electron chi connectivity index (χ1n) is 8.78.